The zero-order valence-electron chi connectivity index (χ0n) is 12.2. The average Bonchev–Trinajstić information content (AvgIpc) is 2.36. The van der Waals surface area contributed by atoms with E-state index < -0.39 is 10.0 Å². The van der Waals surface area contributed by atoms with Crippen molar-refractivity contribution in [1.29, 1.82) is 0 Å². The maximum absolute atomic E-state index is 12.3. The third-order valence-electron chi connectivity index (χ3n) is 3.20. The molecule has 108 valence electrons. The maximum Gasteiger partial charge on any atom is 0.240 e. The second kappa shape index (κ2) is 5.54. The number of sulfonamides is 1. The molecule has 2 aromatic rings. The summed E-state index contributed by atoms with van der Waals surface area (Å²) < 4.78 is 27.2. The van der Waals surface area contributed by atoms with Crippen LogP contribution >= 0.6 is 0 Å². The lowest BCUT2D eigenvalue weighted by molar-refractivity contribution is 0.378. The lowest BCUT2D eigenvalue weighted by Gasteiger charge is -2.18. The van der Waals surface area contributed by atoms with Crippen molar-refractivity contribution in [3.8, 4) is 0 Å². The predicted octanol–water partition coefficient (Wildman–Crippen LogP) is 3.55. The van der Waals surface area contributed by atoms with Crippen LogP contribution in [0.3, 0.4) is 0 Å². The second-order valence-electron chi connectivity index (χ2n) is 6.22. The molecule has 0 atom stereocenters. The van der Waals surface area contributed by atoms with Crippen molar-refractivity contribution in [3.63, 3.8) is 0 Å². The van der Waals surface area contributed by atoms with Gasteiger partial charge in [-0.2, -0.15) is 0 Å². The van der Waals surface area contributed by atoms with Gasteiger partial charge in [-0.3, -0.25) is 0 Å². The SMILES string of the molecule is CC(C)(C)CCNS(=O)(=O)c1ccc2ccccc2c1. The van der Waals surface area contributed by atoms with Gasteiger partial charge in [0, 0.05) is 6.54 Å². The molecule has 0 aliphatic rings. The summed E-state index contributed by atoms with van der Waals surface area (Å²) in [5.74, 6) is 0. The monoisotopic (exact) mass is 291 g/mol. The lowest BCUT2D eigenvalue weighted by atomic mass is 9.93. The smallest absolute Gasteiger partial charge is 0.211 e. The first-order valence-electron chi connectivity index (χ1n) is 6.76. The molecular weight excluding hydrogens is 270 g/mol. The molecule has 0 amide bonds. The highest BCUT2D eigenvalue weighted by molar-refractivity contribution is 7.89. The summed E-state index contributed by atoms with van der Waals surface area (Å²) in [7, 11) is -3.42. The fourth-order valence-corrected chi connectivity index (χ4v) is 3.05. The Kier molecular flexibility index (Phi) is 4.16. The number of nitrogens with one attached hydrogen (secondary N) is 1. The Labute approximate surface area is 121 Å². The minimum absolute atomic E-state index is 0.117. The molecule has 0 saturated carbocycles. The number of fused-ring (bicyclic) bond motifs is 1. The Bertz CT molecular complexity index is 700. The average molecular weight is 291 g/mol. The van der Waals surface area contributed by atoms with Crippen LogP contribution < -0.4 is 4.72 Å². The molecule has 20 heavy (non-hydrogen) atoms. The summed E-state index contributed by atoms with van der Waals surface area (Å²) in [5, 5.41) is 1.98. The molecule has 0 fully saturated rings. The maximum atomic E-state index is 12.3. The van der Waals surface area contributed by atoms with Crippen molar-refractivity contribution in [3.05, 3.63) is 42.5 Å². The van der Waals surface area contributed by atoms with Gasteiger partial charge in [-0.1, -0.05) is 51.1 Å². The van der Waals surface area contributed by atoms with Crippen molar-refractivity contribution < 1.29 is 8.42 Å². The molecule has 0 unspecified atom stereocenters. The first kappa shape index (κ1) is 15.0. The van der Waals surface area contributed by atoms with E-state index >= 15 is 0 Å². The molecule has 0 bridgehead atoms. The molecule has 0 radical (unpaired) electrons. The van der Waals surface area contributed by atoms with Gasteiger partial charge in [-0.25, -0.2) is 13.1 Å². The topological polar surface area (TPSA) is 46.2 Å². The third kappa shape index (κ3) is 3.81. The minimum Gasteiger partial charge on any atom is -0.211 e. The first-order valence-corrected chi connectivity index (χ1v) is 8.25. The van der Waals surface area contributed by atoms with Gasteiger partial charge in [0.15, 0.2) is 0 Å². The highest BCUT2D eigenvalue weighted by atomic mass is 32.2. The van der Waals surface area contributed by atoms with Crippen molar-refractivity contribution >= 4 is 20.8 Å². The zero-order valence-corrected chi connectivity index (χ0v) is 13.0. The van der Waals surface area contributed by atoms with E-state index in [2.05, 4.69) is 25.5 Å². The Balaban J connectivity index is 2.19. The molecule has 2 aromatic carbocycles. The molecule has 3 nitrogen and oxygen atoms in total. The molecular formula is C16H21NO2S. The Morgan fingerprint density at radius 3 is 2.30 bits per heavy atom. The van der Waals surface area contributed by atoms with Crippen LogP contribution in [0.1, 0.15) is 27.2 Å². The van der Waals surface area contributed by atoms with Gasteiger partial charge in [0.25, 0.3) is 0 Å². The Morgan fingerprint density at radius 1 is 1.00 bits per heavy atom. The van der Waals surface area contributed by atoms with Crippen LogP contribution in [0.4, 0.5) is 0 Å². The molecule has 0 spiro atoms. The minimum atomic E-state index is -3.42. The van der Waals surface area contributed by atoms with Gasteiger partial charge in [0.1, 0.15) is 0 Å². The quantitative estimate of drug-likeness (QED) is 0.936. The zero-order chi connectivity index (χ0) is 14.8. The lowest BCUT2D eigenvalue weighted by Crippen LogP contribution is -2.27. The molecule has 2 rings (SSSR count). The van der Waals surface area contributed by atoms with Crippen LogP contribution in [0, 0.1) is 5.41 Å². The van der Waals surface area contributed by atoms with Gasteiger partial charge in [0.2, 0.25) is 10.0 Å². The van der Waals surface area contributed by atoms with Gasteiger partial charge in [-0.05, 0) is 34.7 Å². The fourth-order valence-electron chi connectivity index (χ4n) is 1.98. The summed E-state index contributed by atoms with van der Waals surface area (Å²) in [4.78, 5) is 0.324. The van der Waals surface area contributed by atoms with Crippen LogP contribution in [0.15, 0.2) is 47.4 Å². The van der Waals surface area contributed by atoms with Gasteiger partial charge in [0.05, 0.1) is 4.90 Å². The van der Waals surface area contributed by atoms with Crippen molar-refractivity contribution in [2.45, 2.75) is 32.1 Å². The third-order valence-corrected chi connectivity index (χ3v) is 4.66. The Morgan fingerprint density at radius 2 is 1.65 bits per heavy atom. The van der Waals surface area contributed by atoms with Crippen molar-refractivity contribution in [2.24, 2.45) is 5.41 Å². The molecule has 4 heteroatoms. The summed E-state index contributed by atoms with van der Waals surface area (Å²) in [6.45, 7) is 6.74. The van der Waals surface area contributed by atoms with Crippen molar-refractivity contribution in [1.82, 2.24) is 4.72 Å². The molecule has 0 aliphatic heterocycles. The largest absolute Gasteiger partial charge is 0.240 e. The first-order chi connectivity index (χ1) is 9.28. The summed E-state index contributed by atoms with van der Waals surface area (Å²) in [5.41, 5.74) is 0.117. The number of hydrogen-bond acceptors (Lipinski definition) is 2. The van der Waals surface area contributed by atoms with E-state index in [0.717, 1.165) is 17.2 Å². The molecule has 0 saturated heterocycles. The molecule has 0 aliphatic carbocycles. The summed E-state index contributed by atoms with van der Waals surface area (Å²) in [6, 6.07) is 13.0. The van der Waals surface area contributed by atoms with Gasteiger partial charge >= 0.3 is 0 Å². The van der Waals surface area contributed by atoms with E-state index in [1.165, 1.54) is 0 Å². The van der Waals surface area contributed by atoms with Crippen LogP contribution in [-0.4, -0.2) is 15.0 Å². The normalized spacial score (nSPS) is 12.8. The van der Waals surface area contributed by atoms with E-state index in [0.29, 0.717) is 11.4 Å². The van der Waals surface area contributed by atoms with Crippen LogP contribution in [0.2, 0.25) is 0 Å². The van der Waals surface area contributed by atoms with E-state index in [4.69, 9.17) is 0 Å². The van der Waals surface area contributed by atoms with E-state index in [1.54, 1.807) is 12.1 Å². The predicted molar refractivity (Wildman–Crippen MR) is 83.2 cm³/mol. The number of rotatable bonds is 4. The molecule has 1 N–H and O–H groups in total. The van der Waals surface area contributed by atoms with Crippen molar-refractivity contribution in [2.75, 3.05) is 6.54 Å². The molecule has 0 heterocycles. The Hall–Kier alpha value is -1.39. The standard InChI is InChI=1S/C16H21NO2S/c1-16(2,3)10-11-17-20(18,19)15-9-8-13-6-4-5-7-14(13)12-15/h4-9,12,17H,10-11H2,1-3H3. The highest BCUT2D eigenvalue weighted by Gasteiger charge is 2.16. The highest BCUT2D eigenvalue weighted by Crippen LogP contribution is 2.20. The van der Waals surface area contributed by atoms with E-state index in [9.17, 15) is 8.42 Å². The van der Waals surface area contributed by atoms with Gasteiger partial charge in [-0.15, -0.1) is 0 Å². The number of hydrogen-bond donors (Lipinski definition) is 1. The fraction of sp³-hybridized carbons (Fsp3) is 0.375. The van der Waals surface area contributed by atoms with E-state index in [1.807, 2.05) is 30.3 Å². The van der Waals surface area contributed by atoms with Crippen LogP contribution in [0.5, 0.6) is 0 Å². The number of benzene rings is 2. The van der Waals surface area contributed by atoms with Gasteiger partial charge < -0.3 is 0 Å². The molecule has 0 aromatic heterocycles. The summed E-state index contributed by atoms with van der Waals surface area (Å²) in [6.07, 6.45) is 0.805. The van der Waals surface area contributed by atoms with Crippen LogP contribution in [-0.2, 0) is 10.0 Å². The summed E-state index contributed by atoms with van der Waals surface area (Å²) >= 11 is 0. The second-order valence-corrected chi connectivity index (χ2v) is 7.98. The van der Waals surface area contributed by atoms with E-state index in [-0.39, 0.29) is 5.41 Å². The van der Waals surface area contributed by atoms with Crippen LogP contribution in [0.25, 0.3) is 10.8 Å².